The largest absolute Gasteiger partial charge is 0.372 e. The molecule has 0 saturated carbocycles. The van der Waals surface area contributed by atoms with Gasteiger partial charge in [-0.15, -0.1) is 11.8 Å². The second-order valence-corrected chi connectivity index (χ2v) is 9.48. The number of rotatable bonds is 6. The minimum absolute atomic E-state index is 0.00370. The Bertz CT molecular complexity index is 764. The van der Waals surface area contributed by atoms with E-state index >= 15 is 0 Å². The molecule has 0 bridgehead atoms. The number of piperidine rings is 1. The fourth-order valence-corrected chi connectivity index (χ4v) is 4.41. The molecular formula is C24H32N2OS. The van der Waals surface area contributed by atoms with Crippen LogP contribution in [0.5, 0.6) is 0 Å². The first kappa shape index (κ1) is 20.8. The standard InChI is InChI=1S/C24H32N2OS/c1-17-5-11-23(12-6-17)28-20(4)24(27)25-19(3)21-7-9-22(10-8-21)26-15-13-18(2)14-16-26/h5-12,18-20H,13-16H2,1-4H3,(H,25,27)/t19-,20-/m0/s1. The summed E-state index contributed by atoms with van der Waals surface area (Å²) in [6.45, 7) is 10.7. The Balaban J connectivity index is 1.53. The highest BCUT2D eigenvalue weighted by atomic mass is 32.2. The Morgan fingerprint density at radius 1 is 1.04 bits per heavy atom. The predicted octanol–water partition coefficient (Wildman–Crippen LogP) is 5.59. The molecule has 0 spiro atoms. The Hall–Kier alpha value is -1.94. The third-order valence-electron chi connectivity index (χ3n) is 5.60. The maximum absolute atomic E-state index is 12.6. The molecule has 2 aromatic carbocycles. The van der Waals surface area contributed by atoms with Crippen LogP contribution in [0.25, 0.3) is 0 Å². The minimum Gasteiger partial charge on any atom is -0.372 e. The highest BCUT2D eigenvalue weighted by Crippen LogP contribution is 2.26. The van der Waals surface area contributed by atoms with Crippen molar-refractivity contribution in [3.63, 3.8) is 0 Å². The van der Waals surface area contributed by atoms with E-state index in [4.69, 9.17) is 0 Å². The van der Waals surface area contributed by atoms with Gasteiger partial charge in [-0.3, -0.25) is 4.79 Å². The van der Waals surface area contributed by atoms with E-state index in [-0.39, 0.29) is 17.2 Å². The topological polar surface area (TPSA) is 32.3 Å². The highest BCUT2D eigenvalue weighted by molar-refractivity contribution is 8.00. The van der Waals surface area contributed by atoms with E-state index in [9.17, 15) is 4.79 Å². The smallest absolute Gasteiger partial charge is 0.233 e. The zero-order valence-electron chi connectivity index (χ0n) is 17.4. The zero-order valence-corrected chi connectivity index (χ0v) is 18.3. The van der Waals surface area contributed by atoms with Crippen molar-refractivity contribution in [1.29, 1.82) is 0 Å². The average Bonchev–Trinajstić information content (AvgIpc) is 2.70. The van der Waals surface area contributed by atoms with E-state index < -0.39 is 0 Å². The number of carbonyl (C=O) groups excluding carboxylic acids is 1. The Kier molecular flexibility index (Phi) is 7.06. The van der Waals surface area contributed by atoms with Crippen molar-refractivity contribution in [1.82, 2.24) is 5.32 Å². The van der Waals surface area contributed by atoms with E-state index in [1.807, 2.05) is 6.92 Å². The summed E-state index contributed by atoms with van der Waals surface area (Å²) >= 11 is 1.60. The summed E-state index contributed by atoms with van der Waals surface area (Å²) in [5.41, 5.74) is 3.67. The van der Waals surface area contributed by atoms with Gasteiger partial charge in [0.25, 0.3) is 0 Å². The van der Waals surface area contributed by atoms with Gasteiger partial charge in [0.1, 0.15) is 0 Å². The number of nitrogens with one attached hydrogen (secondary N) is 1. The molecule has 28 heavy (non-hydrogen) atoms. The number of anilines is 1. The van der Waals surface area contributed by atoms with Gasteiger partial charge in [-0.2, -0.15) is 0 Å². The Labute approximate surface area is 173 Å². The first-order valence-electron chi connectivity index (χ1n) is 10.3. The molecule has 0 aromatic heterocycles. The number of carbonyl (C=O) groups is 1. The number of amides is 1. The van der Waals surface area contributed by atoms with Crippen LogP contribution in [0.1, 0.15) is 50.8 Å². The molecule has 1 amide bonds. The van der Waals surface area contributed by atoms with E-state index in [1.54, 1.807) is 11.8 Å². The van der Waals surface area contributed by atoms with E-state index in [0.29, 0.717) is 0 Å². The molecule has 3 rings (SSSR count). The van der Waals surface area contributed by atoms with Crippen molar-refractivity contribution in [2.75, 3.05) is 18.0 Å². The lowest BCUT2D eigenvalue weighted by atomic mass is 9.98. The fourth-order valence-electron chi connectivity index (χ4n) is 3.53. The maximum Gasteiger partial charge on any atom is 0.233 e. The number of nitrogens with zero attached hydrogens (tertiary/aromatic N) is 1. The lowest BCUT2D eigenvalue weighted by Gasteiger charge is -2.32. The van der Waals surface area contributed by atoms with Crippen LogP contribution >= 0.6 is 11.8 Å². The van der Waals surface area contributed by atoms with Gasteiger partial charge in [-0.05, 0) is 69.4 Å². The second-order valence-electron chi connectivity index (χ2n) is 8.06. The summed E-state index contributed by atoms with van der Waals surface area (Å²) in [5.74, 6) is 0.915. The molecule has 1 N–H and O–H groups in total. The number of benzene rings is 2. The van der Waals surface area contributed by atoms with Crippen molar-refractivity contribution in [3.8, 4) is 0 Å². The van der Waals surface area contributed by atoms with Gasteiger partial charge in [0, 0.05) is 23.7 Å². The fraction of sp³-hybridized carbons (Fsp3) is 0.458. The van der Waals surface area contributed by atoms with Crippen molar-refractivity contribution in [2.24, 2.45) is 5.92 Å². The maximum atomic E-state index is 12.6. The van der Waals surface area contributed by atoms with Crippen LogP contribution in [0.3, 0.4) is 0 Å². The van der Waals surface area contributed by atoms with Crippen LogP contribution in [0.2, 0.25) is 0 Å². The predicted molar refractivity (Wildman–Crippen MR) is 120 cm³/mol. The van der Waals surface area contributed by atoms with Crippen molar-refractivity contribution >= 4 is 23.4 Å². The molecule has 0 aliphatic carbocycles. The van der Waals surface area contributed by atoms with Crippen LogP contribution in [0.15, 0.2) is 53.4 Å². The van der Waals surface area contributed by atoms with Crippen molar-refractivity contribution in [3.05, 3.63) is 59.7 Å². The van der Waals surface area contributed by atoms with Crippen molar-refractivity contribution in [2.45, 2.75) is 56.7 Å². The second kappa shape index (κ2) is 9.51. The quantitative estimate of drug-likeness (QED) is 0.646. The number of hydrogen-bond acceptors (Lipinski definition) is 3. The van der Waals surface area contributed by atoms with Gasteiger partial charge in [0.2, 0.25) is 5.91 Å². The molecular weight excluding hydrogens is 364 g/mol. The molecule has 4 heteroatoms. The van der Waals surface area contributed by atoms with Gasteiger partial charge in [-0.25, -0.2) is 0 Å². The SMILES string of the molecule is Cc1ccc(S[C@@H](C)C(=O)N[C@@H](C)c2ccc(N3CCC(C)CC3)cc2)cc1. The molecule has 1 saturated heterocycles. The Morgan fingerprint density at radius 2 is 1.64 bits per heavy atom. The Morgan fingerprint density at radius 3 is 2.25 bits per heavy atom. The molecule has 0 radical (unpaired) electrons. The van der Waals surface area contributed by atoms with Crippen LogP contribution in [-0.2, 0) is 4.79 Å². The summed E-state index contributed by atoms with van der Waals surface area (Å²) in [7, 11) is 0. The van der Waals surface area contributed by atoms with E-state index in [1.165, 1.54) is 24.1 Å². The van der Waals surface area contributed by atoms with E-state index in [0.717, 1.165) is 29.5 Å². The van der Waals surface area contributed by atoms with Gasteiger partial charge in [0.15, 0.2) is 0 Å². The molecule has 2 atom stereocenters. The zero-order chi connectivity index (χ0) is 20.1. The molecule has 3 nitrogen and oxygen atoms in total. The summed E-state index contributed by atoms with van der Waals surface area (Å²) < 4.78 is 0. The van der Waals surface area contributed by atoms with E-state index in [2.05, 4.69) is 79.5 Å². The number of hydrogen-bond donors (Lipinski definition) is 1. The van der Waals surface area contributed by atoms with Crippen molar-refractivity contribution < 1.29 is 4.79 Å². The van der Waals surface area contributed by atoms with Crippen LogP contribution in [0, 0.1) is 12.8 Å². The third kappa shape index (κ3) is 5.54. The monoisotopic (exact) mass is 396 g/mol. The summed E-state index contributed by atoms with van der Waals surface area (Å²) in [6.07, 6.45) is 2.54. The van der Waals surface area contributed by atoms with Gasteiger partial charge >= 0.3 is 0 Å². The molecule has 1 heterocycles. The number of thioether (sulfide) groups is 1. The molecule has 2 aromatic rings. The highest BCUT2D eigenvalue weighted by Gasteiger charge is 2.19. The average molecular weight is 397 g/mol. The summed E-state index contributed by atoms with van der Waals surface area (Å²) in [6, 6.07) is 17.0. The lowest BCUT2D eigenvalue weighted by molar-refractivity contribution is -0.120. The lowest BCUT2D eigenvalue weighted by Crippen LogP contribution is -2.33. The van der Waals surface area contributed by atoms with Gasteiger partial charge in [-0.1, -0.05) is 36.8 Å². The molecule has 150 valence electrons. The summed E-state index contributed by atoms with van der Waals surface area (Å²) in [5, 5.41) is 3.03. The first-order valence-corrected chi connectivity index (χ1v) is 11.2. The minimum atomic E-state index is -0.125. The number of aryl methyl sites for hydroxylation is 1. The van der Waals surface area contributed by atoms with Crippen LogP contribution in [0.4, 0.5) is 5.69 Å². The van der Waals surface area contributed by atoms with Gasteiger partial charge in [0.05, 0.1) is 11.3 Å². The molecule has 1 aliphatic rings. The van der Waals surface area contributed by atoms with Gasteiger partial charge < -0.3 is 10.2 Å². The molecule has 1 aliphatic heterocycles. The third-order valence-corrected chi connectivity index (χ3v) is 6.72. The normalized spacial score (nSPS) is 17.2. The van der Waals surface area contributed by atoms with Crippen LogP contribution in [-0.4, -0.2) is 24.2 Å². The first-order chi connectivity index (χ1) is 13.4. The summed E-state index contributed by atoms with van der Waals surface area (Å²) in [4.78, 5) is 16.2. The van der Waals surface area contributed by atoms with Crippen LogP contribution < -0.4 is 10.2 Å². The molecule has 0 unspecified atom stereocenters. The molecule has 1 fully saturated rings.